The molecule has 0 spiro atoms. The maximum Gasteiger partial charge on any atom is 0.126 e. The van der Waals surface area contributed by atoms with Crippen LogP contribution in [0.15, 0.2) is 53.9 Å². The average Bonchev–Trinajstić information content (AvgIpc) is 2.98. The van der Waals surface area contributed by atoms with Gasteiger partial charge in [-0.1, -0.05) is 30.3 Å². The molecule has 0 aliphatic heterocycles. The van der Waals surface area contributed by atoms with Gasteiger partial charge in [0.15, 0.2) is 0 Å². The standard InChI is InChI=1S/C17H15FN2S/c1-12-9-14(7-8-15(12)18)19-10-17-20-16(11-21-17)13-5-3-2-4-6-13/h2-9,11,19H,10H2,1H3. The van der Waals surface area contributed by atoms with Gasteiger partial charge >= 0.3 is 0 Å². The Balaban J connectivity index is 1.69. The molecular weight excluding hydrogens is 283 g/mol. The zero-order chi connectivity index (χ0) is 14.7. The first-order chi connectivity index (χ1) is 10.2. The molecule has 1 N–H and O–H groups in total. The van der Waals surface area contributed by atoms with Crippen molar-refractivity contribution in [3.05, 3.63) is 70.3 Å². The molecule has 1 heterocycles. The second kappa shape index (κ2) is 6.06. The quantitative estimate of drug-likeness (QED) is 0.743. The molecule has 3 aromatic rings. The summed E-state index contributed by atoms with van der Waals surface area (Å²) in [7, 11) is 0. The molecule has 0 aliphatic carbocycles. The fourth-order valence-electron chi connectivity index (χ4n) is 2.07. The van der Waals surface area contributed by atoms with Gasteiger partial charge in [-0.2, -0.15) is 0 Å². The fourth-order valence-corrected chi connectivity index (χ4v) is 2.81. The van der Waals surface area contributed by atoms with E-state index in [1.165, 1.54) is 6.07 Å². The predicted molar refractivity (Wildman–Crippen MR) is 86.0 cm³/mol. The number of aryl methyl sites for hydroxylation is 1. The summed E-state index contributed by atoms with van der Waals surface area (Å²) < 4.78 is 13.2. The molecule has 106 valence electrons. The molecule has 21 heavy (non-hydrogen) atoms. The molecule has 2 nitrogen and oxygen atoms in total. The van der Waals surface area contributed by atoms with Gasteiger partial charge < -0.3 is 5.32 Å². The minimum atomic E-state index is -0.179. The molecule has 0 bridgehead atoms. The van der Waals surface area contributed by atoms with Crippen LogP contribution in [0.5, 0.6) is 0 Å². The van der Waals surface area contributed by atoms with Crippen LogP contribution in [0.1, 0.15) is 10.6 Å². The maximum absolute atomic E-state index is 13.2. The van der Waals surface area contributed by atoms with Crippen molar-refractivity contribution in [2.45, 2.75) is 13.5 Å². The Morgan fingerprint density at radius 2 is 1.95 bits per heavy atom. The van der Waals surface area contributed by atoms with E-state index >= 15 is 0 Å². The first kappa shape index (κ1) is 13.8. The molecule has 0 aliphatic rings. The van der Waals surface area contributed by atoms with E-state index in [1.807, 2.05) is 18.2 Å². The van der Waals surface area contributed by atoms with Crippen LogP contribution in [0, 0.1) is 12.7 Å². The van der Waals surface area contributed by atoms with Gasteiger partial charge in [0.05, 0.1) is 12.2 Å². The molecule has 2 aromatic carbocycles. The number of hydrogen-bond donors (Lipinski definition) is 1. The van der Waals surface area contributed by atoms with Crippen LogP contribution in [0.3, 0.4) is 0 Å². The fraction of sp³-hybridized carbons (Fsp3) is 0.118. The summed E-state index contributed by atoms with van der Waals surface area (Å²) >= 11 is 1.62. The number of halogens is 1. The lowest BCUT2D eigenvalue weighted by Gasteiger charge is -2.05. The number of rotatable bonds is 4. The topological polar surface area (TPSA) is 24.9 Å². The molecule has 0 saturated heterocycles. The van der Waals surface area contributed by atoms with Gasteiger partial charge in [0.25, 0.3) is 0 Å². The molecular formula is C17H15FN2S. The Morgan fingerprint density at radius 1 is 1.14 bits per heavy atom. The second-order valence-electron chi connectivity index (χ2n) is 4.81. The van der Waals surface area contributed by atoms with Crippen LogP contribution in [0.4, 0.5) is 10.1 Å². The highest BCUT2D eigenvalue weighted by Crippen LogP contribution is 2.22. The first-order valence-corrected chi connectivity index (χ1v) is 7.60. The van der Waals surface area contributed by atoms with Crippen molar-refractivity contribution >= 4 is 17.0 Å². The molecule has 0 radical (unpaired) electrons. The number of thiazole rings is 1. The number of hydrogen-bond acceptors (Lipinski definition) is 3. The highest BCUT2D eigenvalue weighted by molar-refractivity contribution is 7.09. The van der Waals surface area contributed by atoms with Gasteiger partial charge in [-0.25, -0.2) is 9.37 Å². The monoisotopic (exact) mass is 298 g/mol. The third-order valence-corrected chi connectivity index (χ3v) is 4.07. The molecule has 0 unspecified atom stereocenters. The normalized spacial score (nSPS) is 10.6. The average molecular weight is 298 g/mol. The van der Waals surface area contributed by atoms with Gasteiger partial charge in [0, 0.05) is 16.6 Å². The zero-order valence-corrected chi connectivity index (χ0v) is 12.5. The lowest BCUT2D eigenvalue weighted by molar-refractivity contribution is 0.618. The minimum absolute atomic E-state index is 0.179. The second-order valence-corrected chi connectivity index (χ2v) is 5.75. The maximum atomic E-state index is 13.2. The van der Waals surface area contributed by atoms with Gasteiger partial charge in [-0.15, -0.1) is 11.3 Å². The van der Waals surface area contributed by atoms with Crippen molar-refractivity contribution in [1.29, 1.82) is 0 Å². The summed E-state index contributed by atoms with van der Waals surface area (Å²) in [4.78, 5) is 4.62. The SMILES string of the molecule is Cc1cc(NCc2nc(-c3ccccc3)cs2)ccc1F. The van der Waals surface area contributed by atoms with E-state index in [-0.39, 0.29) is 5.82 Å². The van der Waals surface area contributed by atoms with E-state index in [0.29, 0.717) is 12.1 Å². The number of nitrogens with zero attached hydrogens (tertiary/aromatic N) is 1. The Morgan fingerprint density at radius 3 is 2.71 bits per heavy atom. The number of benzene rings is 2. The molecule has 1 aromatic heterocycles. The Kier molecular flexibility index (Phi) is 3.97. The minimum Gasteiger partial charge on any atom is -0.379 e. The van der Waals surface area contributed by atoms with Gasteiger partial charge in [0.2, 0.25) is 0 Å². The molecule has 4 heteroatoms. The van der Waals surface area contributed by atoms with Crippen LogP contribution in [-0.4, -0.2) is 4.98 Å². The summed E-state index contributed by atoms with van der Waals surface area (Å²) in [5, 5.41) is 6.34. The van der Waals surface area contributed by atoms with Crippen LogP contribution < -0.4 is 5.32 Å². The van der Waals surface area contributed by atoms with E-state index in [2.05, 4.69) is 27.8 Å². The highest BCUT2D eigenvalue weighted by Gasteiger charge is 2.04. The smallest absolute Gasteiger partial charge is 0.126 e. The number of nitrogens with one attached hydrogen (secondary N) is 1. The lowest BCUT2D eigenvalue weighted by atomic mass is 10.2. The summed E-state index contributed by atoms with van der Waals surface area (Å²) in [6, 6.07) is 15.1. The van der Waals surface area contributed by atoms with Crippen LogP contribution in [0.25, 0.3) is 11.3 Å². The summed E-state index contributed by atoms with van der Waals surface area (Å²) in [6.45, 7) is 2.40. The molecule has 0 fully saturated rings. The Bertz CT molecular complexity index is 738. The summed E-state index contributed by atoms with van der Waals surface area (Å²) in [5.74, 6) is -0.179. The van der Waals surface area contributed by atoms with E-state index in [4.69, 9.17) is 0 Å². The van der Waals surface area contributed by atoms with Gasteiger partial charge in [-0.3, -0.25) is 0 Å². The van der Waals surface area contributed by atoms with Crippen molar-refractivity contribution in [3.63, 3.8) is 0 Å². The van der Waals surface area contributed by atoms with E-state index < -0.39 is 0 Å². The summed E-state index contributed by atoms with van der Waals surface area (Å²) in [6.07, 6.45) is 0. The molecule has 0 amide bonds. The van der Waals surface area contributed by atoms with Crippen LogP contribution >= 0.6 is 11.3 Å². The van der Waals surface area contributed by atoms with Crippen LogP contribution in [0.2, 0.25) is 0 Å². The first-order valence-electron chi connectivity index (χ1n) is 6.72. The third-order valence-electron chi connectivity index (χ3n) is 3.22. The molecule has 3 rings (SSSR count). The van der Waals surface area contributed by atoms with Crippen molar-refractivity contribution in [3.8, 4) is 11.3 Å². The van der Waals surface area contributed by atoms with E-state index in [0.717, 1.165) is 22.0 Å². The third kappa shape index (κ3) is 3.28. The van der Waals surface area contributed by atoms with Crippen molar-refractivity contribution in [2.75, 3.05) is 5.32 Å². The number of anilines is 1. The zero-order valence-electron chi connectivity index (χ0n) is 11.6. The van der Waals surface area contributed by atoms with Crippen molar-refractivity contribution in [2.24, 2.45) is 0 Å². The van der Waals surface area contributed by atoms with Crippen LogP contribution in [-0.2, 0) is 6.54 Å². The Labute approximate surface area is 127 Å². The van der Waals surface area contributed by atoms with Gasteiger partial charge in [0.1, 0.15) is 10.8 Å². The predicted octanol–water partition coefficient (Wildman–Crippen LogP) is 4.87. The summed E-state index contributed by atoms with van der Waals surface area (Å²) in [5.41, 5.74) is 3.67. The Hall–Kier alpha value is -2.20. The van der Waals surface area contributed by atoms with Crippen molar-refractivity contribution < 1.29 is 4.39 Å². The largest absolute Gasteiger partial charge is 0.379 e. The molecule has 0 atom stereocenters. The van der Waals surface area contributed by atoms with E-state index in [1.54, 1.807) is 30.4 Å². The van der Waals surface area contributed by atoms with Gasteiger partial charge in [-0.05, 0) is 30.7 Å². The highest BCUT2D eigenvalue weighted by atomic mass is 32.1. The van der Waals surface area contributed by atoms with E-state index in [9.17, 15) is 4.39 Å². The molecule has 0 saturated carbocycles. The lowest BCUT2D eigenvalue weighted by Crippen LogP contribution is -1.99. The number of aromatic nitrogens is 1. The van der Waals surface area contributed by atoms with Crippen molar-refractivity contribution in [1.82, 2.24) is 4.98 Å².